The van der Waals surface area contributed by atoms with Crippen molar-refractivity contribution in [2.75, 3.05) is 30.8 Å². The van der Waals surface area contributed by atoms with Gasteiger partial charge in [0.2, 0.25) is 5.91 Å². The molecule has 1 fully saturated rings. The summed E-state index contributed by atoms with van der Waals surface area (Å²) in [7, 11) is 1.88. The lowest BCUT2D eigenvalue weighted by Gasteiger charge is -2.44. The Hall–Kier alpha value is -3.51. The van der Waals surface area contributed by atoms with Crippen LogP contribution in [0.5, 0.6) is 0 Å². The molecule has 0 radical (unpaired) electrons. The lowest BCUT2D eigenvalue weighted by Crippen LogP contribution is -2.62. The number of hydrogen-bond acceptors (Lipinski definition) is 6. The Labute approximate surface area is 167 Å². The Morgan fingerprint density at radius 3 is 2.76 bits per heavy atom. The molecule has 1 aromatic carbocycles. The van der Waals surface area contributed by atoms with Gasteiger partial charge in [0.25, 0.3) is 0 Å². The highest BCUT2D eigenvalue weighted by molar-refractivity contribution is 6.01. The van der Waals surface area contributed by atoms with Crippen molar-refractivity contribution in [1.82, 2.24) is 19.5 Å². The van der Waals surface area contributed by atoms with E-state index in [2.05, 4.69) is 16.2 Å². The Bertz CT molecular complexity index is 1180. The number of likely N-dealkylation sites (N-methyl/N-ethyl adjacent to an activating group) is 1. The van der Waals surface area contributed by atoms with Crippen LogP contribution < -0.4 is 10.6 Å². The van der Waals surface area contributed by atoms with Crippen molar-refractivity contribution in [2.24, 2.45) is 0 Å². The van der Waals surface area contributed by atoms with Gasteiger partial charge in [-0.25, -0.2) is 13.9 Å². The highest BCUT2D eigenvalue weighted by Gasteiger charge is 2.41. The molecule has 1 aliphatic heterocycles. The van der Waals surface area contributed by atoms with Gasteiger partial charge in [-0.3, -0.25) is 9.69 Å². The molecule has 1 amide bonds. The standard InChI is InChI=1S/C20H20FN7O/c1-20(2)19(29)27(7-6-26(20)3)16-8-12(4-5-14(16)21)15-9-13(10-22)17-18(23)24-11-25-28(15)17/h4-5,8-9,11H,6-7H2,1-3H3,(H2,23,24,25). The zero-order valence-corrected chi connectivity index (χ0v) is 16.3. The second kappa shape index (κ2) is 6.53. The smallest absolute Gasteiger partial charge is 0.247 e. The van der Waals surface area contributed by atoms with Crippen LogP contribution in [-0.4, -0.2) is 51.1 Å². The summed E-state index contributed by atoms with van der Waals surface area (Å²) >= 11 is 0. The van der Waals surface area contributed by atoms with Crippen LogP contribution in [-0.2, 0) is 4.79 Å². The molecule has 3 aromatic rings. The van der Waals surface area contributed by atoms with Crippen LogP contribution >= 0.6 is 0 Å². The van der Waals surface area contributed by atoms with E-state index in [0.717, 1.165) is 0 Å². The number of hydrogen-bond donors (Lipinski definition) is 1. The number of aromatic nitrogens is 3. The third-order valence-electron chi connectivity index (χ3n) is 5.62. The average molecular weight is 393 g/mol. The summed E-state index contributed by atoms with van der Waals surface area (Å²) in [6.45, 7) is 4.65. The zero-order chi connectivity index (χ0) is 20.9. The Balaban J connectivity index is 1.86. The van der Waals surface area contributed by atoms with Gasteiger partial charge < -0.3 is 10.6 Å². The molecule has 3 heterocycles. The molecule has 2 aromatic heterocycles. The number of rotatable bonds is 2. The summed E-state index contributed by atoms with van der Waals surface area (Å²) < 4.78 is 16.2. The molecule has 0 aliphatic carbocycles. The molecule has 0 saturated carbocycles. The van der Waals surface area contributed by atoms with Crippen molar-refractivity contribution in [3.8, 4) is 17.3 Å². The Morgan fingerprint density at radius 1 is 1.28 bits per heavy atom. The summed E-state index contributed by atoms with van der Waals surface area (Å²) in [5.41, 5.74) is 7.27. The fourth-order valence-corrected chi connectivity index (χ4v) is 3.59. The van der Waals surface area contributed by atoms with Gasteiger partial charge in [0.15, 0.2) is 5.82 Å². The molecule has 4 rings (SSSR count). The summed E-state index contributed by atoms with van der Waals surface area (Å²) in [5.74, 6) is -0.481. The van der Waals surface area contributed by atoms with Gasteiger partial charge in [-0.05, 0) is 45.2 Å². The van der Waals surface area contributed by atoms with E-state index >= 15 is 0 Å². The van der Waals surface area contributed by atoms with Gasteiger partial charge in [-0.1, -0.05) is 0 Å². The van der Waals surface area contributed by atoms with Crippen LogP contribution in [0.1, 0.15) is 19.4 Å². The predicted molar refractivity (Wildman–Crippen MR) is 107 cm³/mol. The normalized spacial score (nSPS) is 16.9. The van der Waals surface area contributed by atoms with E-state index in [1.54, 1.807) is 18.2 Å². The van der Waals surface area contributed by atoms with E-state index in [4.69, 9.17) is 5.73 Å². The molecule has 0 atom stereocenters. The second-order valence-corrected chi connectivity index (χ2v) is 7.56. The first kappa shape index (κ1) is 18.8. The molecule has 29 heavy (non-hydrogen) atoms. The van der Waals surface area contributed by atoms with Gasteiger partial charge in [0.1, 0.15) is 23.7 Å². The number of carbonyl (C=O) groups is 1. The number of nitriles is 1. The first-order valence-electron chi connectivity index (χ1n) is 9.11. The molecular weight excluding hydrogens is 373 g/mol. The number of nitrogens with zero attached hydrogens (tertiary/aromatic N) is 6. The van der Waals surface area contributed by atoms with E-state index < -0.39 is 11.4 Å². The van der Waals surface area contributed by atoms with E-state index in [0.29, 0.717) is 35.4 Å². The van der Waals surface area contributed by atoms with Crippen molar-refractivity contribution >= 4 is 22.9 Å². The van der Waals surface area contributed by atoms with E-state index in [1.807, 2.05) is 25.8 Å². The number of nitrogen functional groups attached to an aromatic ring is 1. The molecule has 2 N–H and O–H groups in total. The first-order chi connectivity index (χ1) is 13.8. The predicted octanol–water partition coefficient (Wildman–Crippen LogP) is 2.05. The van der Waals surface area contributed by atoms with Gasteiger partial charge in [-0.2, -0.15) is 10.4 Å². The molecule has 0 spiro atoms. The van der Waals surface area contributed by atoms with Crippen molar-refractivity contribution in [2.45, 2.75) is 19.4 Å². The van der Waals surface area contributed by atoms with Crippen molar-refractivity contribution in [1.29, 1.82) is 5.26 Å². The van der Waals surface area contributed by atoms with Crippen LogP contribution in [0.4, 0.5) is 15.9 Å². The topological polar surface area (TPSA) is 104 Å². The molecule has 1 aliphatic rings. The number of carbonyl (C=O) groups excluding carboxylic acids is 1. The molecular formula is C20H20FN7O. The fraction of sp³-hybridized carbons (Fsp3) is 0.300. The summed E-state index contributed by atoms with van der Waals surface area (Å²) in [6.07, 6.45) is 1.30. The molecule has 148 valence electrons. The van der Waals surface area contributed by atoms with Crippen molar-refractivity contribution in [3.05, 3.63) is 42.0 Å². The summed E-state index contributed by atoms with van der Waals surface area (Å²) in [5, 5.41) is 13.6. The van der Waals surface area contributed by atoms with E-state index in [-0.39, 0.29) is 17.4 Å². The third kappa shape index (κ3) is 2.80. The monoisotopic (exact) mass is 393 g/mol. The third-order valence-corrected chi connectivity index (χ3v) is 5.62. The number of nitrogens with two attached hydrogens (primary N) is 1. The fourth-order valence-electron chi connectivity index (χ4n) is 3.59. The van der Waals surface area contributed by atoms with Crippen LogP contribution in [0.2, 0.25) is 0 Å². The summed E-state index contributed by atoms with van der Waals surface area (Å²) in [4.78, 5) is 20.4. The zero-order valence-electron chi connectivity index (χ0n) is 16.3. The quantitative estimate of drug-likeness (QED) is 0.715. The van der Waals surface area contributed by atoms with Crippen LogP contribution in [0.25, 0.3) is 16.8 Å². The molecule has 9 heteroatoms. The number of piperazine rings is 1. The largest absolute Gasteiger partial charge is 0.382 e. The van der Waals surface area contributed by atoms with Crippen LogP contribution in [0, 0.1) is 17.1 Å². The van der Waals surface area contributed by atoms with Crippen LogP contribution in [0.15, 0.2) is 30.6 Å². The molecule has 0 bridgehead atoms. The number of halogens is 1. The maximum Gasteiger partial charge on any atom is 0.247 e. The van der Waals surface area contributed by atoms with Gasteiger partial charge in [0.05, 0.1) is 22.5 Å². The number of anilines is 2. The Morgan fingerprint density at radius 2 is 2.03 bits per heavy atom. The maximum atomic E-state index is 14.7. The molecule has 1 saturated heterocycles. The molecule has 8 nitrogen and oxygen atoms in total. The second-order valence-electron chi connectivity index (χ2n) is 7.56. The first-order valence-corrected chi connectivity index (χ1v) is 9.11. The number of fused-ring (bicyclic) bond motifs is 1. The summed E-state index contributed by atoms with van der Waals surface area (Å²) in [6, 6.07) is 8.23. The average Bonchev–Trinajstić information content (AvgIpc) is 3.08. The highest BCUT2D eigenvalue weighted by Crippen LogP contribution is 2.33. The minimum absolute atomic E-state index is 0.174. The number of benzene rings is 1. The number of amides is 1. The lowest BCUT2D eigenvalue weighted by molar-refractivity contribution is -0.130. The minimum Gasteiger partial charge on any atom is -0.382 e. The molecule has 0 unspecified atom stereocenters. The van der Waals surface area contributed by atoms with Crippen molar-refractivity contribution < 1.29 is 9.18 Å². The Kier molecular flexibility index (Phi) is 4.24. The van der Waals surface area contributed by atoms with Gasteiger partial charge in [-0.15, -0.1) is 0 Å². The highest BCUT2D eigenvalue weighted by atomic mass is 19.1. The lowest BCUT2D eigenvalue weighted by atomic mass is 9.97. The SMILES string of the molecule is CN1CCN(c2cc(-c3cc(C#N)c4c(N)ncnn34)ccc2F)C(=O)C1(C)C. The maximum absolute atomic E-state index is 14.7. The van der Waals surface area contributed by atoms with E-state index in [1.165, 1.54) is 21.8 Å². The van der Waals surface area contributed by atoms with Crippen LogP contribution in [0.3, 0.4) is 0 Å². The van der Waals surface area contributed by atoms with Gasteiger partial charge in [0, 0.05) is 18.7 Å². The van der Waals surface area contributed by atoms with E-state index in [9.17, 15) is 14.4 Å². The van der Waals surface area contributed by atoms with Crippen molar-refractivity contribution in [3.63, 3.8) is 0 Å². The minimum atomic E-state index is -0.738. The van der Waals surface area contributed by atoms with Gasteiger partial charge >= 0.3 is 0 Å².